The van der Waals surface area contributed by atoms with E-state index in [1.165, 1.54) is 5.56 Å². The first-order chi connectivity index (χ1) is 25.2. The Bertz CT molecular complexity index is 2700. The molecule has 0 N–H and O–H groups in total. The van der Waals surface area contributed by atoms with Crippen molar-refractivity contribution in [2.24, 2.45) is 0 Å². The molecule has 5 nitrogen and oxygen atoms in total. The number of fused-ring (bicyclic) bond motifs is 4. The van der Waals surface area contributed by atoms with Crippen molar-refractivity contribution in [1.82, 2.24) is 19.5 Å². The summed E-state index contributed by atoms with van der Waals surface area (Å²) in [5.41, 5.74) is 10.9. The van der Waals surface area contributed by atoms with E-state index in [1.54, 1.807) is 0 Å². The summed E-state index contributed by atoms with van der Waals surface area (Å²) >= 11 is 0. The summed E-state index contributed by atoms with van der Waals surface area (Å²) < 4.78 is 9.13. The summed E-state index contributed by atoms with van der Waals surface area (Å²) in [6.07, 6.45) is 5.94. The average molecular weight is 657 g/mol. The maximum atomic E-state index is 6.81. The summed E-state index contributed by atoms with van der Waals surface area (Å²) in [4.78, 5) is 15.0. The zero-order valence-corrected chi connectivity index (χ0v) is 28.0. The van der Waals surface area contributed by atoms with Gasteiger partial charge in [-0.2, -0.15) is 0 Å². The lowest BCUT2D eigenvalue weighted by atomic mass is 10.0. The molecular formula is C46H32N4O. The van der Waals surface area contributed by atoms with Gasteiger partial charge in [-0.15, -0.1) is 0 Å². The first-order valence-corrected chi connectivity index (χ1v) is 17.0. The highest BCUT2D eigenvalue weighted by molar-refractivity contribution is 6.14. The Hall–Kier alpha value is -6.85. The Morgan fingerprint density at radius 2 is 1.22 bits per heavy atom. The summed E-state index contributed by atoms with van der Waals surface area (Å²) in [5.74, 6) is 1.83. The number of hydrogen-bond donors (Lipinski definition) is 0. The highest BCUT2D eigenvalue weighted by Gasteiger charge is 2.22. The summed E-state index contributed by atoms with van der Waals surface area (Å²) in [7, 11) is 0. The minimum absolute atomic E-state index is 0.591. The normalized spacial score (nSPS) is 11.6. The molecule has 0 unspecified atom stereocenters. The lowest BCUT2D eigenvalue weighted by molar-refractivity contribution is 0.665. The smallest absolute Gasteiger partial charge is 0.164 e. The molecule has 3 heterocycles. The van der Waals surface area contributed by atoms with Crippen molar-refractivity contribution in [2.75, 3.05) is 0 Å². The van der Waals surface area contributed by atoms with Gasteiger partial charge in [-0.05, 0) is 36.2 Å². The van der Waals surface area contributed by atoms with E-state index < -0.39 is 0 Å². The van der Waals surface area contributed by atoms with Crippen LogP contribution in [0.15, 0.2) is 169 Å². The number of furan rings is 1. The van der Waals surface area contributed by atoms with Crippen LogP contribution in [-0.4, -0.2) is 19.5 Å². The molecule has 0 spiro atoms. The van der Waals surface area contributed by atoms with E-state index in [0.717, 1.165) is 72.0 Å². The third-order valence-electron chi connectivity index (χ3n) is 9.44. The van der Waals surface area contributed by atoms with Crippen LogP contribution in [0.4, 0.5) is 0 Å². The number of rotatable bonds is 7. The molecule has 0 radical (unpaired) electrons. The Balaban J connectivity index is 1.29. The largest absolute Gasteiger partial charge is 0.454 e. The maximum absolute atomic E-state index is 6.81. The van der Waals surface area contributed by atoms with E-state index in [1.807, 2.05) is 91.0 Å². The van der Waals surface area contributed by atoms with Gasteiger partial charge in [-0.1, -0.05) is 152 Å². The van der Waals surface area contributed by atoms with Crippen molar-refractivity contribution in [1.29, 1.82) is 0 Å². The van der Waals surface area contributed by atoms with Gasteiger partial charge in [-0.25, -0.2) is 15.0 Å². The van der Waals surface area contributed by atoms with Gasteiger partial charge in [0.2, 0.25) is 0 Å². The van der Waals surface area contributed by atoms with Crippen molar-refractivity contribution < 1.29 is 4.42 Å². The van der Waals surface area contributed by atoms with Crippen molar-refractivity contribution in [3.05, 3.63) is 176 Å². The second-order valence-corrected chi connectivity index (χ2v) is 12.5. The third-order valence-corrected chi connectivity index (χ3v) is 9.44. The van der Waals surface area contributed by atoms with E-state index in [-0.39, 0.29) is 0 Å². The quantitative estimate of drug-likeness (QED) is 0.160. The van der Waals surface area contributed by atoms with Crippen molar-refractivity contribution in [2.45, 2.75) is 6.92 Å². The number of para-hydroxylation sites is 1. The van der Waals surface area contributed by atoms with Crippen LogP contribution in [-0.2, 0) is 0 Å². The second kappa shape index (κ2) is 12.6. The number of allylic oxidation sites excluding steroid dienone is 2. The molecule has 0 aliphatic rings. The van der Waals surface area contributed by atoms with Gasteiger partial charge in [0.25, 0.3) is 0 Å². The SMILES string of the molecule is C=C/C=C\c1c(C)n(-c2cccc3c2oc2cccc(-c4nc(-c5ccccc5)nc(-c5ccccc5)n4)c23)c2cc(-c3ccccc3)ccc12. The zero-order valence-electron chi connectivity index (χ0n) is 28.0. The standard InChI is InChI=1S/C46H32N4O/c1-3-4-22-35-30(2)50(40-29-34(27-28-36(35)40)31-16-8-5-9-17-31)39-25-14-23-37-42-38(24-15-26-41(42)51-43(37)39)46-48-44(32-18-10-6-11-19-32)47-45(49-46)33-20-12-7-13-21-33/h3-29H,1H2,2H3/b22-4-. The predicted octanol–water partition coefficient (Wildman–Crippen LogP) is 11.9. The molecule has 242 valence electrons. The van der Waals surface area contributed by atoms with Gasteiger partial charge < -0.3 is 8.98 Å². The molecule has 0 atom stereocenters. The number of benzene rings is 6. The molecule has 51 heavy (non-hydrogen) atoms. The molecule has 0 aliphatic heterocycles. The minimum atomic E-state index is 0.591. The van der Waals surface area contributed by atoms with Crippen LogP contribution >= 0.6 is 0 Å². The van der Waals surface area contributed by atoms with E-state index in [2.05, 4.69) is 90.9 Å². The molecule has 9 rings (SSSR count). The van der Waals surface area contributed by atoms with Gasteiger partial charge in [-0.3, -0.25) is 0 Å². The Morgan fingerprint density at radius 3 is 1.88 bits per heavy atom. The Labute approximate surface area is 295 Å². The highest BCUT2D eigenvalue weighted by atomic mass is 16.3. The van der Waals surface area contributed by atoms with Gasteiger partial charge >= 0.3 is 0 Å². The summed E-state index contributed by atoms with van der Waals surface area (Å²) in [6.45, 7) is 6.09. The van der Waals surface area contributed by atoms with Gasteiger partial charge in [0, 0.05) is 44.1 Å². The van der Waals surface area contributed by atoms with Crippen molar-refractivity contribution >= 4 is 38.9 Å². The molecule has 3 aromatic heterocycles. The van der Waals surface area contributed by atoms with Gasteiger partial charge in [0.05, 0.1) is 11.2 Å². The van der Waals surface area contributed by atoms with Crippen LogP contribution < -0.4 is 0 Å². The van der Waals surface area contributed by atoms with Crippen molar-refractivity contribution in [3.63, 3.8) is 0 Å². The third kappa shape index (κ3) is 5.23. The molecule has 0 aliphatic carbocycles. The van der Waals surface area contributed by atoms with E-state index in [9.17, 15) is 0 Å². The molecule has 0 fully saturated rings. The van der Waals surface area contributed by atoms with Crippen LogP contribution in [0.5, 0.6) is 0 Å². The van der Waals surface area contributed by atoms with E-state index >= 15 is 0 Å². The highest BCUT2D eigenvalue weighted by Crippen LogP contribution is 2.41. The Morgan fingerprint density at radius 1 is 0.588 bits per heavy atom. The lowest BCUT2D eigenvalue weighted by Crippen LogP contribution is -2.00. The first-order valence-electron chi connectivity index (χ1n) is 17.0. The molecule has 6 aromatic carbocycles. The molecule has 0 amide bonds. The topological polar surface area (TPSA) is 56.7 Å². The summed E-state index contributed by atoms with van der Waals surface area (Å²) in [5, 5.41) is 3.11. The van der Waals surface area contributed by atoms with Crippen LogP contribution in [0, 0.1) is 6.92 Å². The molecule has 9 aromatic rings. The fraction of sp³-hybridized carbons (Fsp3) is 0.0217. The second-order valence-electron chi connectivity index (χ2n) is 12.5. The number of aromatic nitrogens is 4. The van der Waals surface area contributed by atoms with Crippen LogP contribution in [0.25, 0.3) is 89.9 Å². The van der Waals surface area contributed by atoms with Gasteiger partial charge in [0.15, 0.2) is 23.1 Å². The minimum Gasteiger partial charge on any atom is -0.454 e. The van der Waals surface area contributed by atoms with E-state index in [0.29, 0.717) is 17.5 Å². The fourth-order valence-corrected chi connectivity index (χ4v) is 7.06. The molecular weight excluding hydrogens is 625 g/mol. The van der Waals surface area contributed by atoms with Gasteiger partial charge in [0.1, 0.15) is 5.58 Å². The zero-order chi connectivity index (χ0) is 34.3. The molecule has 0 bridgehead atoms. The predicted molar refractivity (Wildman–Crippen MR) is 210 cm³/mol. The molecule has 0 saturated carbocycles. The number of hydrogen-bond acceptors (Lipinski definition) is 4. The Kier molecular flexibility index (Phi) is 7.44. The average Bonchev–Trinajstić information content (AvgIpc) is 3.72. The molecule has 0 saturated heterocycles. The first kappa shape index (κ1) is 30.2. The maximum Gasteiger partial charge on any atom is 0.164 e. The number of nitrogens with zero attached hydrogens (tertiary/aromatic N) is 4. The van der Waals surface area contributed by atoms with Crippen LogP contribution in [0.1, 0.15) is 11.3 Å². The lowest BCUT2D eigenvalue weighted by Gasteiger charge is -2.11. The van der Waals surface area contributed by atoms with Crippen molar-refractivity contribution in [3.8, 4) is 51.0 Å². The monoisotopic (exact) mass is 656 g/mol. The van der Waals surface area contributed by atoms with E-state index in [4.69, 9.17) is 19.4 Å². The van der Waals surface area contributed by atoms with Crippen LogP contribution in [0.2, 0.25) is 0 Å². The summed E-state index contributed by atoms with van der Waals surface area (Å²) in [6, 6.07) is 49.8. The molecule has 5 heteroatoms. The van der Waals surface area contributed by atoms with Crippen LogP contribution in [0.3, 0.4) is 0 Å². The fourth-order valence-electron chi connectivity index (χ4n) is 7.06.